The van der Waals surface area contributed by atoms with E-state index < -0.39 is 0 Å². The topological polar surface area (TPSA) is 235 Å². The van der Waals surface area contributed by atoms with Crippen molar-refractivity contribution in [1.82, 2.24) is 35.2 Å². The van der Waals surface area contributed by atoms with E-state index in [9.17, 15) is 9.59 Å². The van der Waals surface area contributed by atoms with Crippen molar-refractivity contribution in [2.75, 3.05) is 145 Å². The van der Waals surface area contributed by atoms with E-state index in [0.29, 0.717) is 149 Å². The molecule has 3 aromatic heterocycles. The molecular formula is C43H66N8O12. The van der Waals surface area contributed by atoms with Crippen LogP contribution >= 0.6 is 0 Å². The molecule has 350 valence electrons. The maximum atomic E-state index is 13.0. The van der Waals surface area contributed by atoms with E-state index in [4.69, 9.17) is 58.1 Å². The second kappa shape index (κ2) is 29.0. The highest BCUT2D eigenvalue weighted by Crippen LogP contribution is 2.39. The van der Waals surface area contributed by atoms with Crippen molar-refractivity contribution in [1.29, 1.82) is 0 Å². The molecule has 20 nitrogen and oxygen atoms in total. The fraction of sp³-hybridized carbons (Fsp3) is 0.651. The van der Waals surface area contributed by atoms with Gasteiger partial charge in [0.25, 0.3) is 0 Å². The minimum atomic E-state index is -0.0676. The number of benzene rings is 1. The van der Waals surface area contributed by atoms with Crippen molar-refractivity contribution in [2.45, 2.75) is 38.5 Å². The molecule has 3 heterocycles. The number of amides is 2. The van der Waals surface area contributed by atoms with Gasteiger partial charge in [-0.2, -0.15) is 5.10 Å². The molecule has 1 saturated carbocycles. The Kier molecular flexibility index (Phi) is 22.8. The number of carbonyl (C=O) groups excluding carboxylic acids is 2. The van der Waals surface area contributed by atoms with Gasteiger partial charge in [-0.05, 0) is 37.8 Å². The number of hydrogen-bond donors (Lipinski definition) is 4. The van der Waals surface area contributed by atoms with Crippen molar-refractivity contribution in [3.63, 3.8) is 0 Å². The molecule has 0 bridgehead atoms. The van der Waals surface area contributed by atoms with Gasteiger partial charge in [0.1, 0.15) is 29.1 Å². The Hall–Kier alpha value is -4.51. The maximum Gasteiger partial charge on any atom is 0.223 e. The molecule has 1 aliphatic carbocycles. The third-order valence-corrected chi connectivity index (χ3v) is 10.2. The van der Waals surface area contributed by atoms with Gasteiger partial charge in [-0.1, -0.05) is 12.1 Å². The first-order valence-electron chi connectivity index (χ1n) is 21.8. The molecule has 2 amide bonds. The van der Waals surface area contributed by atoms with Crippen molar-refractivity contribution >= 4 is 34.1 Å². The van der Waals surface area contributed by atoms with Crippen LogP contribution in [0.3, 0.4) is 0 Å². The fourth-order valence-corrected chi connectivity index (χ4v) is 7.02. The summed E-state index contributed by atoms with van der Waals surface area (Å²) in [5.74, 6) is 1.96. The fourth-order valence-electron chi connectivity index (χ4n) is 7.02. The maximum absolute atomic E-state index is 13.0. The summed E-state index contributed by atoms with van der Waals surface area (Å²) in [6, 6.07) is 7.91. The Bertz CT molecular complexity index is 1900. The van der Waals surface area contributed by atoms with Crippen LogP contribution in [0.1, 0.15) is 44.3 Å². The van der Waals surface area contributed by atoms with Crippen LogP contribution in [0.2, 0.25) is 0 Å². The molecule has 0 radical (unpaired) electrons. The lowest BCUT2D eigenvalue weighted by molar-refractivity contribution is -0.126. The molecule has 0 saturated heterocycles. The molecule has 5 rings (SSSR count). The van der Waals surface area contributed by atoms with E-state index >= 15 is 0 Å². The molecule has 0 unspecified atom stereocenters. The number of carbonyl (C=O) groups is 2. The summed E-state index contributed by atoms with van der Waals surface area (Å²) >= 11 is 0. The van der Waals surface area contributed by atoms with Crippen LogP contribution in [0.15, 0.2) is 30.6 Å². The number of H-pyrrole nitrogens is 1. The monoisotopic (exact) mass is 886 g/mol. The number of ether oxygens (including phenoxy) is 10. The second-order valence-corrected chi connectivity index (χ2v) is 14.7. The highest BCUT2D eigenvalue weighted by molar-refractivity contribution is 5.93. The summed E-state index contributed by atoms with van der Waals surface area (Å²) in [5.41, 5.74) is 9.41. The number of aromatic amines is 1. The molecule has 1 aliphatic rings. The van der Waals surface area contributed by atoms with Gasteiger partial charge in [0.05, 0.1) is 137 Å². The van der Waals surface area contributed by atoms with Crippen LogP contribution in [0, 0.1) is 5.92 Å². The molecular weight excluding hydrogens is 821 g/mol. The van der Waals surface area contributed by atoms with E-state index in [-0.39, 0.29) is 23.7 Å². The number of aromatic nitrogens is 5. The molecule has 0 atom stereocenters. The Labute approximate surface area is 368 Å². The Morgan fingerprint density at radius 2 is 1.21 bits per heavy atom. The molecule has 0 aliphatic heterocycles. The van der Waals surface area contributed by atoms with Crippen LogP contribution in [0.25, 0.3) is 27.8 Å². The number of para-hydroxylation sites is 1. The number of nitrogens with zero attached hydrogens (tertiary/aromatic N) is 4. The largest absolute Gasteiger partial charge is 0.495 e. The zero-order valence-electron chi connectivity index (χ0n) is 36.8. The minimum absolute atomic E-state index is 0.0492. The van der Waals surface area contributed by atoms with E-state index in [2.05, 4.69) is 25.7 Å². The van der Waals surface area contributed by atoms with Gasteiger partial charge in [0.15, 0.2) is 5.82 Å². The van der Waals surface area contributed by atoms with E-state index in [1.54, 1.807) is 11.6 Å². The van der Waals surface area contributed by atoms with Crippen molar-refractivity contribution in [3.05, 3.63) is 36.4 Å². The SMILES string of the molecule is COc1cccc2cc(-c3nc([C@H]4CC[C@H](C(=O)NCCOCCOCCOCCOCCOCCOCCOCCOCCOCCNC(C)=O)CC4)n4ncnc(N)c34)[nH]c12. The van der Waals surface area contributed by atoms with Crippen LogP contribution < -0.4 is 21.1 Å². The first kappa shape index (κ1) is 49.5. The van der Waals surface area contributed by atoms with E-state index in [1.807, 2.05) is 24.3 Å². The lowest BCUT2D eigenvalue weighted by atomic mass is 9.81. The zero-order valence-corrected chi connectivity index (χ0v) is 36.8. The van der Waals surface area contributed by atoms with E-state index in [1.165, 1.54) is 13.3 Å². The smallest absolute Gasteiger partial charge is 0.223 e. The minimum Gasteiger partial charge on any atom is -0.495 e. The van der Waals surface area contributed by atoms with Crippen molar-refractivity contribution in [2.24, 2.45) is 5.92 Å². The second-order valence-electron chi connectivity index (χ2n) is 14.7. The van der Waals surface area contributed by atoms with Gasteiger partial charge in [-0.25, -0.2) is 14.5 Å². The predicted octanol–water partition coefficient (Wildman–Crippen LogP) is 2.54. The highest BCUT2D eigenvalue weighted by atomic mass is 16.6. The summed E-state index contributed by atoms with van der Waals surface area (Å²) in [6.45, 7) is 10.8. The summed E-state index contributed by atoms with van der Waals surface area (Å²) in [4.78, 5) is 36.5. The molecule has 20 heteroatoms. The molecule has 63 heavy (non-hydrogen) atoms. The molecule has 0 spiro atoms. The Morgan fingerprint density at radius 1 is 0.714 bits per heavy atom. The lowest BCUT2D eigenvalue weighted by Crippen LogP contribution is -2.35. The average molecular weight is 887 g/mol. The number of imidazole rings is 1. The summed E-state index contributed by atoms with van der Waals surface area (Å²) < 4.78 is 56.8. The third kappa shape index (κ3) is 17.2. The number of nitrogen functional groups attached to an aromatic ring is 1. The number of nitrogens with one attached hydrogen (secondary N) is 3. The summed E-state index contributed by atoms with van der Waals surface area (Å²) in [7, 11) is 1.65. The molecule has 1 aromatic carbocycles. The van der Waals surface area contributed by atoms with Gasteiger partial charge in [-0.15, -0.1) is 0 Å². The quantitative estimate of drug-likeness (QED) is 0.0494. The van der Waals surface area contributed by atoms with Gasteiger partial charge in [0, 0.05) is 37.2 Å². The van der Waals surface area contributed by atoms with Crippen LogP contribution in [-0.2, 0) is 52.2 Å². The van der Waals surface area contributed by atoms with Gasteiger partial charge in [0.2, 0.25) is 11.8 Å². The number of nitrogens with two attached hydrogens (primary N) is 1. The molecule has 1 fully saturated rings. The van der Waals surface area contributed by atoms with Gasteiger partial charge in [-0.3, -0.25) is 9.59 Å². The first-order valence-corrected chi connectivity index (χ1v) is 21.8. The number of rotatable bonds is 34. The highest BCUT2D eigenvalue weighted by Gasteiger charge is 2.31. The summed E-state index contributed by atoms with van der Waals surface area (Å²) in [5, 5.41) is 11.2. The average Bonchev–Trinajstić information content (AvgIpc) is 3.91. The van der Waals surface area contributed by atoms with Crippen LogP contribution in [0.4, 0.5) is 5.82 Å². The zero-order chi connectivity index (χ0) is 44.3. The van der Waals surface area contributed by atoms with Gasteiger partial charge < -0.3 is 68.7 Å². The third-order valence-electron chi connectivity index (χ3n) is 10.2. The van der Waals surface area contributed by atoms with Crippen LogP contribution in [-0.4, -0.2) is 176 Å². The van der Waals surface area contributed by atoms with Gasteiger partial charge >= 0.3 is 0 Å². The molecule has 5 N–H and O–H groups in total. The molecule has 4 aromatic rings. The summed E-state index contributed by atoms with van der Waals surface area (Å²) in [6.07, 6.45) is 4.56. The number of anilines is 1. The van der Waals surface area contributed by atoms with E-state index in [0.717, 1.165) is 53.9 Å². The standard InChI is InChI=1S/C43H66N8O12/c1-32(52)45-10-12-55-14-16-57-18-20-59-22-24-61-26-28-63-29-27-62-25-23-60-21-19-58-17-15-56-13-11-46-43(53)34-8-6-33(7-9-34)42-50-39(40-41(44)47-31-48-51(40)42)36-30-35-4-3-5-37(54-2)38(35)49-36/h3-5,30-31,33-34,49H,6-29H2,1-2H3,(H,45,52)(H,46,53)(H2,44,47,48)/t33-,34-. The normalized spacial score (nSPS) is 15.3. The number of hydrogen-bond acceptors (Lipinski definition) is 16. The predicted molar refractivity (Wildman–Crippen MR) is 233 cm³/mol. The van der Waals surface area contributed by atoms with Crippen molar-refractivity contribution in [3.8, 4) is 17.1 Å². The number of fused-ring (bicyclic) bond motifs is 2. The first-order chi connectivity index (χ1) is 31.0. The van der Waals surface area contributed by atoms with Crippen LogP contribution in [0.5, 0.6) is 5.75 Å². The Balaban J connectivity index is 0.788. The van der Waals surface area contributed by atoms with Crippen molar-refractivity contribution < 1.29 is 57.0 Å². The lowest BCUT2D eigenvalue weighted by Gasteiger charge is -2.26. The Morgan fingerprint density at radius 3 is 1.70 bits per heavy atom. The number of methoxy groups -OCH3 is 1.